The maximum atomic E-state index is 4.01. The molecule has 1 aliphatic rings. The lowest BCUT2D eigenvalue weighted by Gasteiger charge is -2.13. The quantitative estimate of drug-likeness (QED) is 0.698. The first-order valence-corrected chi connectivity index (χ1v) is 3.94. The van der Waals surface area contributed by atoms with Gasteiger partial charge in [0.15, 0.2) is 0 Å². The van der Waals surface area contributed by atoms with Crippen LogP contribution in [-0.4, -0.2) is 11.0 Å². The van der Waals surface area contributed by atoms with Gasteiger partial charge in [0.05, 0.1) is 11.4 Å². The van der Waals surface area contributed by atoms with Gasteiger partial charge < -0.3 is 0 Å². The largest absolute Gasteiger partial charge is 0.283 e. The third-order valence-corrected chi connectivity index (χ3v) is 2.16. The predicted molar refractivity (Wildman–Crippen MR) is 49.0 cm³/mol. The second-order valence-electron chi connectivity index (χ2n) is 2.21. The van der Waals surface area contributed by atoms with Crippen LogP contribution >= 0.6 is 15.9 Å². The molecule has 0 unspecified atom stereocenters. The van der Waals surface area contributed by atoms with E-state index in [4.69, 9.17) is 0 Å². The summed E-state index contributed by atoms with van der Waals surface area (Å²) in [6.07, 6.45) is 1.61. The van der Waals surface area contributed by atoms with E-state index in [9.17, 15) is 0 Å². The molecule has 0 bridgehead atoms. The molecule has 1 aliphatic heterocycles. The topological polar surface area (TPSA) is 29.3 Å². The fraction of sp³-hybridized carbons (Fsp3) is 0. The van der Waals surface area contributed by atoms with E-state index in [0.29, 0.717) is 0 Å². The Morgan fingerprint density at radius 2 is 2.36 bits per heavy atom. The standard InChI is InChI=1S/C7H6BrN3/c1-5-6-2-3-7(8)11(6)10-4-9-5/h2-4H,1H2,(H,9,10). The Kier molecular flexibility index (Phi) is 1.35. The van der Waals surface area contributed by atoms with Crippen LogP contribution in [0.5, 0.6) is 0 Å². The summed E-state index contributed by atoms with van der Waals surface area (Å²) >= 11 is 3.38. The maximum absolute atomic E-state index is 4.01. The molecule has 1 aromatic rings. The Morgan fingerprint density at radius 1 is 1.55 bits per heavy atom. The fourth-order valence-corrected chi connectivity index (χ4v) is 1.42. The van der Waals surface area contributed by atoms with Gasteiger partial charge in [0, 0.05) is 0 Å². The van der Waals surface area contributed by atoms with Crippen LogP contribution in [0.3, 0.4) is 0 Å². The van der Waals surface area contributed by atoms with Crippen molar-refractivity contribution in [2.45, 2.75) is 0 Å². The monoisotopic (exact) mass is 211 g/mol. The Morgan fingerprint density at radius 3 is 3.09 bits per heavy atom. The normalized spacial score (nSPS) is 14.5. The minimum absolute atomic E-state index is 0.773. The average molecular weight is 212 g/mol. The first kappa shape index (κ1) is 6.67. The fourth-order valence-electron chi connectivity index (χ4n) is 0.999. The van der Waals surface area contributed by atoms with Crippen LogP contribution in [0.4, 0.5) is 0 Å². The molecule has 0 aromatic carbocycles. The van der Waals surface area contributed by atoms with Gasteiger partial charge in [0.25, 0.3) is 0 Å². The highest BCUT2D eigenvalue weighted by atomic mass is 79.9. The maximum Gasteiger partial charge on any atom is 0.108 e. The van der Waals surface area contributed by atoms with Crippen molar-refractivity contribution in [1.82, 2.24) is 4.68 Å². The Labute approximate surface area is 72.5 Å². The number of hydrogen-bond donors (Lipinski definition) is 1. The summed E-state index contributed by atoms with van der Waals surface area (Å²) in [5, 5.41) is 0. The second kappa shape index (κ2) is 2.23. The molecule has 3 nitrogen and oxygen atoms in total. The van der Waals surface area contributed by atoms with Gasteiger partial charge >= 0.3 is 0 Å². The van der Waals surface area contributed by atoms with Crippen molar-refractivity contribution in [3.05, 3.63) is 29.0 Å². The Hall–Kier alpha value is -1.03. The van der Waals surface area contributed by atoms with Crippen LogP contribution in [0.2, 0.25) is 0 Å². The molecule has 0 saturated heterocycles. The third kappa shape index (κ3) is 0.903. The van der Waals surface area contributed by atoms with Gasteiger partial charge in [-0.05, 0) is 28.1 Å². The van der Waals surface area contributed by atoms with Crippen LogP contribution in [0, 0.1) is 0 Å². The molecule has 1 N–H and O–H groups in total. The number of halogens is 1. The number of rotatable bonds is 0. The van der Waals surface area contributed by atoms with Gasteiger partial charge in [0.2, 0.25) is 0 Å². The smallest absolute Gasteiger partial charge is 0.108 e. The lowest BCUT2D eigenvalue weighted by Crippen LogP contribution is -2.18. The van der Waals surface area contributed by atoms with E-state index in [-0.39, 0.29) is 0 Å². The molecule has 1 aromatic heterocycles. The zero-order valence-electron chi connectivity index (χ0n) is 5.71. The summed E-state index contributed by atoms with van der Waals surface area (Å²) in [5.74, 6) is 0. The van der Waals surface area contributed by atoms with Crippen molar-refractivity contribution in [1.29, 1.82) is 0 Å². The molecule has 56 valence electrons. The minimum Gasteiger partial charge on any atom is -0.283 e. The van der Waals surface area contributed by atoms with Crippen molar-refractivity contribution in [2.75, 3.05) is 5.43 Å². The first-order chi connectivity index (χ1) is 5.29. The minimum atomic E-state index is 0.773. The molecule has 0 fully saturated rings. The van der Waals surface area contributed by atoms with Crippen LogP contribution < -0.4 is 5.43 Å². The van der Waals surface area contributed by atoms with Crippen LogP contribution in [0.25, 0.3) is 5.70 Å². The molecule has 11 heavy (non-hydrogen) atoms. The summed E-state index contributed by atoms with van der Waals surface area (Å²) in [6, 6.07) is 3.90. The molecule has 0 spiro atoms. The van der Waals surface area contributed by atoms with E-state index in [1.807, 2.05) is 16.8 Å². The van der Waals surface area contributed by atoms with Crippen molar-refractivity contribution in [2.24, 2.45) is 4.99 Å². The lowest BCUT2D eigenvalue weighted by molar-refractivity contribution is 0.933. The zero-order valence-corrected chi connectivity index (χ0v) is 7.30. The highest BCUT2D eigenvalue weighted by molar-refractivity contribution is 9.10. The number of aromatic nitrogens is 1. The van der Waals surface area contributed by atoms with Gasteiger partial charge in [-0.1, -0.05) is 6.58 Å². The van der Waals surface area contributed by atoms with Gasteiger partial charge in [-0.3, -0.25) is 5.43 Å². The highest BCUT2D eigenvalue weighted by Crippen LogP contribution is 2.21. The van der Waals surface area contributed by atoms with Gasteiger partial charge in [-0.2, -0.15) is 0 Å². The number of hydrogen-bond acceptors (Lipinski definition) is 2. The molecular weight excluding hydrogens is 206 g/mol. The van der Waals surface area contributed by atoms with Crippen molar-refractivity contribution < 1.29 is 0 Å². The molecular formula is C7H6BrN3. The predicted octanol–water partition coefficient (Wildman–Crippen LogP) is 1.81. The third-order valence-electron chi connectivity index (χ3n) is 1.54. The molecule has 2 rings (SSSR count). The summed E-state index contributed by atoms with van der Waals surface area (Å²) in [7, 11) is 0. The molecule has 0 atom stereocenters. The van der Waals surface area contributed by atoms with Crippen molar-refractivity contribution >= 4 is 28.0 Å². The lowest BCUT2D eigenvalue weighted by atomic mass is 10.3. The molecule has 0 saturated carbocycles. The SMILES string of the molecule is C=C1N=CNn2c(Br)ccc21. The second-order valence-corrected chi connectivity index (χ2v) is 3.02. The van der Waals surface area contributed by atoms with E-state index < -0.39 is 0 Å². The molecule has 4 heteroatoms. The van der Waals surface area contributed by atoms with Crippen LogP contribution in [0.1, 0.15) is 5.69 Å². The van der Waals surface area contributed by atoms with E-state index in [2.05, 4.69) is 32.9 Å². The number of aliphatic imine (C=N–C) groups is 1. The Bertz CT molecular complexity index is 337. The van der Waals surface area contributed by atoms with Gasteiger partial charge in [-0.25, -0.2) is 9.67 Å². The molecule has 2 heterocycles. The number of fused-ring (bicyclic) bond motifs is 1. The summed E-state index contributed by atoms with van der Waals surface area (Å²) < 4.78 is 2.84. The van der Waals surface area contributed by atoms with Gasteiger partial charge in [0.1, 0.15) is 10.9 Å². The van der Waals surface area contributed by atoms with Crippen molar-refractivity contribution in [3.63, 3.8) is 0 Å². The summed E-state index contributed by atoms with van der Waals surface area (Å²) in [6.45, 7) is 3.79. The van der Waals surface area contributed by atoms with Crippen molar-refractivity contribution in [3.8, 4) is 0 Å². The molecule has 0 radical (unpaired) electrons. The van der Waals surface area contributed by atoms with E-state index in [1.54, 1.807) is 6.34 Å². The zero-order chi connectivity index (χ0) is 7.84. The first-order valence-electron chi connectivity index (χ1n) is 3.14. The van der Waals surface area contributed by atoms with Crippen LogP contribution in [0.15, 0.2) is 28.3 Å². The van der Waals surface area contributed by atoms with Crippen LogP contribution in [-0.2, 0) is 0 Å². The summed E-state index contributed by atoms with van der Waals surface area (Å²) in [5.41, 5.74) is 4.72. The Balaban J connectivity index is 2.61. The number of nitrogens with zero attached hydrogens (tertiary/aromatic N) is 2. The average Bonchev–Trinajstić information content (AvgIpc) is 2.35. The summed E-state index contributed by atoms with van der Waals surface area (Å²) in [4.78, 5) is 4.01. The molecule has 0 amide bonds. The van der Waals surface area contributed by atoms with E-state index in [1.165, 1.54) is 0 Å². The van der Waals surface area contributed by atoms with E-state index >= 15 is 0 Å². The highest BCUT2D eigenvalue weighted by Gasteiger charge is 2.10. The van der Waals surface area contributed by atoms with Gasteiger partial charge in [-0.15, -0.1) is 0 Å². The number of nitrogens with one attached hydrogen (secondary N) is 1. The molecule has 0 aliphatic carbocycles. The van der Waals surface area contributed by atoms with E-state index in [0.717, 1.165) is 16.0 Å².